The summed E-state index contributed by atoms with van der Waals surface area (Å²) in [7, 11) is 0. The molecule has 3 aromatic rings. The molecule has 6 nitrogen and oxygen atoms in total. The average Bonchev–Trinajstić information content (AvgIpc) is 2.73. The molecule has 0 aliphatic rings. The number of benzene rings is 2. The molecule has 0 saturated carbocycles. The predicted molar refractivity (Wildman–Crippen MR) is 122 cm³/mol. The maximum absolute atomic E-state index is 13.4. The molecule has 0 saturated heterocycles. The number of para-hydroxylation sites is 3. The number of fused-ring (bicyclic) bond motifs is 1. The number of nitrogens with one attached hydrogen (secondary N) is 1. The van der Waals surface area contributed by atoms with E-state index in [0.29, 0.717) is 34.1 Å². The van der Waals surface area contributed by atoms with Gasteiger partial charge in [-0.2, -0.15) is 0 Å². The molecule has 1 N–H and O–H groups in total. The number of hydrogen-bond donors (Lipinski definition) is 1. The van der Waals surface area contributed by atoms with Crippen molar-refractivity contribution in [3.63, 3.8) is 0 Å². The summed E-state index contributed by atoms with van der Waals surface area (Å²) in [6.07, 6.45) is 1.94. The molecule has 0 aliphatic heterocycles. The van der Waals surface area contributed by atoms with E-state index in [1.165, 1.54) is 11.8 Å². The Hall–Kier alpha value is -2.80. The van der Waals surface area contributed by atoms with E-state index in [0.717, 1.165) is 12.8 Å². The highest BCUT2D eigenvalue weighted by molar-refractivity contribution is 7.99. The molecule has 1 atom stereocenters. The number of hydrogen-bond acceptors (Lipinski definition) is 5. The third-order valence-electron chi connectivity index (χ3n) is 4.61. The molecule has 0 bridgehead atoms. The first-order valence-corrected chi connectivity index (χ1v) is 11.2. The Morgan fingerprint density at radius 2 is 1.90 bits per heavy atom. The van der Waals surface area contributed by atoms with Crippen molar-refractivity contribution in [3.05, 3.63) is 58.9 Å². The monoisotopic (exact) mass is 425 g/mol. The second kappa shape index (κ2) is 10.3. The Kier molecular flexibility index (Phi) is 7.52. The first-order valence-electron chi connectivity index (χ1n) is 10.2. The molecule has 0 radical (unpaired) electrons. The highest BCUT2D eigenvalue weighted by Crippen LogP contribution is 2.27. The summed E-state index contributed by atoms with van der Waals surface area (Å²) in [5.41, 5.74) is 1.04. The third-order valence-corrected chi connectivity index (χ3v) is 5.55. The average molecular weight is 426 g/mol. The van der Waals surface area contributed by atoms with Gasteiger partial charge in [-0.1, -0.05) is 49.4 Å². The number of carbonyl (C=O) groups is 1. The fraction of sp³-hybridized carbons (Fsp3) is 0.348. The zero-order valence-electron chi connectivity index (χ0n) is 17.6. The van der Waals surface area contributed by atoms with E-state index in [1.807, 2.05) is 56.3 Å². The van der Waals surface area contributed by atoms with Crippen LogP contribution in [0.15, 0.2) is 58.5 Å². The number of ether oxygens (including phenoxy) is 1. The van der Waals surface area contributed by atoms with E-state index in [-0.39, 0.29) is 23.3 Å². The van der Waals surface area contributed by atoms with Crippen molar-refractivity contribution in [2.24, 2.45) is 0 Å². The predicted octanol–water partition coefficient (Wildman–Crippen LogP) is 4.18. The smallest absolute Gasteiger partial charge is 0.266 e. The van der Waals surface area contributed by atoms with Gasteiger partial charge >= 0.3 is 0 Å². The molecule has 0 aliphatic carbocycles. The molecule has 0 fully saturated rings. The normalized spacial score (nSPS) is 12.0. The summed E-state index contributed by atoms with van der Waals surface area (Å²) in [5, 5.41) is 3.98. The van der Waals surface area contributed by atoms with Crippen LogP contribution in [0.5, 0.6) is 5.75 Å². The quantitative estimate of drug-likeness (QED) is 0.411. The van der Waals surface area contributed by atoms with Crippen molar-refractivity contribution in [1.29, 1.82) is 0 Å². The van der Waals surface area contributed by atoms with Crippen LogP contribution in [-0.2, 0) is 4.79 Å². The van der Waals surface area contributed by atoms with E-state index in [1.54, 1.807) is 10.6 Å². The first-order chi connectivity index (χ1) is 14.5. The summed E-state index contributed by atoms with van der Waals surface area (Å²) < 4.78 is 7.28. The van der Waals surface area contributed by atoms with Gasteiger partial charge in [0.15, 0.2) is 5.16 Å². The van der Waals surface area contributed by atoms with Crippen LogP contribution in [-0.4, -0.2) is 33.9 Å². The maximum atomic E-state index is 13.4. The van der Waals surface area contributed by atoms with E-state index >= 15 is 0 Å². The molecule has 1 heterocycles. The van der Waals surface area contributed by atoms with Crippen molar-refractivity contribution >= 4 is 28.6 Å². The van der Waals surface area contributed by atoms with Crippen LogP contribution in [0.1, 0.15) is 33.6 Å². The lowest BCUT2D eigenvalue weighted by atomic mass is 10.2. The van der Waals surface area contributed by atoms with E-state index in [9.17, 15) is 9.59 Å². The van der Waals surface area contributed by atoms with Crippen molar-refractivity contribution in [2.75, 3.05) is 12.4 Å². The van der Waals surface area contributed by atoms with Gasteiger partial charge in [-0.25, -0.2) is 4.98 Å². The Morgan fingerprint density at radius 3 is 2.67 bits per heavy atom. The molecule has 3 rings (SSSR count). The van der Waals surface area contributed by atoms with Gasteiger partial charge in [0.2, 0.25) is 5.91 Å². The number of aromatic nitrogens is 2. The fourth-order valence-electron chi connectivity index (χ4n) is 3.29. The molecule has 0 spiro atoms. The fourth-order valence-corrected chi connectivity index (χ4v) is 4.11. The van der Waals surface area contributed by atoms with Gasteiger partial charge in [0.1, 0.15) is 5.75 Å². The standard InChI is InChI=1S/C23H27N3O3S/c1-4-10-16(3)24-21(27)15-30-23-25-18-12-7-6-11-17(18)22(28)26(23)19-13-8-9-14-20(19)29-5-2/h6-9,11-14,16H,4-5,10,15H2,1-3H3,(H,24,27). The number of nitrogens with zero attached hydrogens (tertiary/aromatic N) is 2. The first kappa shape index (κ1) is 21.9. The van der Waals surface area contributed by atoms with Gasteiger partial charge in [-0.15, -0.1) is 0 Å². The zero-order valence-corrected chi connectivity index (χ0v) is 18.4. The van der Waals surface area contributed by atoms with Crippen LogP contribution in [0.25, 0.3) is 16.6 Å². The van der Waals surface area contributed by atoms with Crippen LogP contribution < -0.4 is 15.6 Å². The summed E-state index contributed by atoms with van der Waals surface area (Å²) in [5.74, 6) is 0.699. The Morgan fingerprint density at radius 1 is 1.17 bits per heavy atom. The van der Waals surface area contributed by atoms with Crippen LogP contribution in [0.2, 0.25) is 0 Å². The topological polar surface area (TPSA) is 73.2 Å². The largest absolute Gasteiger partial charge is 0.492 e. The number of rotatable bonds is 9. The minimum atomic E-state index is -0.185. The van der Waals surface area contributed by atoms with Gasteiger partial charge in [0.25, 0.3) is 5.56 Å². The van der Waals surface area contributed by atoms with E-state index in [2.05, 4.69) is 12.2 Å². The lowest BCUT2D eigenvalue weighted by Crippen LogP contribution is -2.34. The molecule has 1 amide bonds. The van der Waals surface area contributed by atoms with Gasteiger partial charge in [0, 0.05) is 6.04 Å². The Bertz CT molecular complexity index is 1080. The summed E-state index contributed by atoms with van der Waals surface area (Å²) in [4.78, 5) is 30.5. The molecular formula is C23H27N3O3S. The minimum absolute atomic E-state index is 0.0759. The van der Waals surface area contributed by atoms with Crippen molar-refractivity contribution < 1.29 is 9.53 Å². The minimum Gasteiger partial charge on any atom is -0.492 e. The van der Waals surface area contributed by atoms with Crippen LogP contribution in [0, 0.1) is 0 Å². The van der Waals surface area contributed by atoms with Crippen LogP contribution in [0.3, 0.4) is 0 Å². The second-order valence-electron chi connectivity index (χ2n) is 7.00. The van der Waals surface area contributed by atoms with Crippen molar-refractivity contribution in [3.8, 4) is 11.4 Å². The Labute approximate surface area is 180 Å². The number of amides is 1. The summed E-state index contributed by atoms with van der Waals surface area (Å²) in [6, 6.07) is 14.7. The molecule has 158 valence electrons. The molecular weight excluding hydrogens is 398 g/mol. The van der Waals surface area contributed by atoms with Gasteiger partial charge in [-0.3, -0.25) is 14.2 Å². The van der Waals surface area contributed by atoms with Gasteiger partial charge in [0.05, 0.1) is 29.0 Å². The highest BCUT2D eigenvalue weighted by atomic mass is 32.2. The van der Waals surface area contributed by atoms with Crippen LogP contribution in [0.4, 0.5) is 0 Å². The summed E-state index contributed by atoms with van der Waals surface area (Å²) in [6.45, 7) is 6.46. The molecule has 30 heavy (non-hydrogen) atoms. The summed E-state index contributed by atoms with van der Waals surface area (Å²) >= 11 is 1.25. The lowest BCUT2D eigenvalue weighted by Gasteiger charge is -2.17. The SMILES string of the molecule is CCCC(C)NC(=O)CSc1nc2ccccc2c(=O)n1-c1ccccc1OCC. The van der Waals surface area contributed by atoms with Crippen molar-refractivity contribution in [2.45, 2.75) is 44.8 Å². The molecule has 7 heteroatoms. The van der Waals surface area contributed by atoms with Crippen molar-refractivity contribution in [1.82, 2.24) is 14.9 Å². The third kappa shape index (κ3) is 5.02. The molecule has 1 unspecified atom stereocenters. The van der Waals surface area contributed by atoms with E-state index in [4.69, 9.17) is 9.72 Å². The van der Waals surface area contributed by atoms with E-state index < -0.39 is 0 Å². The number of carbonyl (C=O) groups excluding carboxylic acids is 1. The Balaban J connectivity index is 2.02. The number of thioether (sulfide) groups is 1. The molecule has 2 aromatic carbocycles. The van der Waals surface area contributed by atoms with Crippen LogP contribution >= 0.6 is 11.8 Å². The van der Waals surface area contributed by atoms with Gasteiger partial charge in [-0.05, 0) is 44.5 Å². The lowest BCUT2D eigenvalue weighted by molar-refractivity contribution is -0.119. The van der Waals surface area contributed by atoms with Gasteiger partial charge < -0.3 is 10.1 Å². The second-order valence-corrected chi connectivity index (χ2v) is 7.94. The highest BCUT2D eigenvalue weighted by Gasteiger charge is 2.17. The molecule has 1 aromatic heterocycles. The maximum Gasteiger partial charge on any atom is 0.266 e. The zero-order chi connectivity index (χ0) is 21.5.